The molecule has 3 nitrogen and oxygen atoms in total. The lowest BCUT2D eigenvalue weighted by Gasteiger charge is -2.08. The summed E-state index contributed by atoms with van der Waals surface area (Å²) in [5.41, 5.74) is 2.45. The molecule has 25 heavy (non-hydrogen) atoms. The van der Waals surface area contributed by atoms with Crippen LogP contribution in [0.15, 0.2) is 72.8 Å². The van der Waals surface area contributed by atoms with Crippen LogP contribution in [-0.4, -0.2) is 15.5 Å². The van der Waals surface area contributed by atoms with Crippen LogP contribution in [-0.2, 0) is 0 Å². The smallest absolute Gasteiger partial charge is 0.264 e. The SMILES string of the molecule is O=C(c1ccccc1)n1c(-c2ccc(F)cc2)nc2cc(Cl)ccc21. The van der Waals surface area contributed by atoms with Crippen molar-refractivity contribution in [3.05, 3.63) is 89.2 Å². The number of halogens is 2. The van der Waals surface area contributed by atoms with E-state index in [0.29, 0.717) is 33.0 Å². The summed E-state index contributed by atoms with van der Waals surface area (Å²) >= 11 is 6.06. The van der Waals surface area contributed by atoms with Crippen molar-refractivity contribution in [2.75, 3.05) is 0 Å². The number of benzene rings is 3. The van der Waals surface area contributed by atoms with Gasteiger partial charge in [0.05, 0.1) is 11.0 Å². The molecular formula is C20H12ClFN2O. The molecule has 0 saturated carbocycles. The summed E-state index contributed by atoms with van der Waals surface area (Å²) in [5.74, 6) is -0.0975. The molecule has 4 aromatic rings. The number of fused-ring (bicyclic) bond motifs is 1. The van der Waals surface area contributed by atoms with Gasteiger partial charge in [-0.1, -0.05) is 29.8 Å². The first-order chi connectivity index (χ1) is 12.1. The molecule has 0 aliphatic carbocycles. The van der Waals surface area contributed by atoms with Gasteiger partial charge in [0.1, 0.15) is 11.6 Å². The van der Waals surface area contributed by atoms with Gasteiger partial charge in [0.2, 0.25) is 0 Å². The zero-order chi connectivity index (χ0) is 17.4. The number of rotatable bonds is 2. The maximum Gasteiger partial charge on any atom is 0.264 e. The van der Waals surface area contributed by atoms with Gasteiger partial charge in [-0.05, 0) is 54.6 Å². The van der Waals surface area contributed by atoms with E-state index in [2.05, 4.69) is 4.98 Å². The van der Waals surface area contributed by atoms with Crippen molar-refractivity contribution in [2.24, 2.45) is 0 Å². The van der Waals surface area contributed by atoms with Crippen molar-refractivity contribution in [1.82, 2.24) is 9.55 Å². The molecule has 4 rings (SSSR count). The molecule has 1 aromatic heterocycles. The highest BCUT2D eigenvalue weighted by atomic mass is 35.5. The third kappa shape index (κ3) is 2.81. The number of imidazole rings is 1. The Kier molecular flexibility index (Phi) is 3.82. The van der Waals surface area contributed by atoms with E-state index >= 15 is 0 Å². The third-order valence-corrected chi connectivity index (χ3v) is 4.18. The predicted octanol–water partition coefficient (Wildman–Crippen LogP) is 5.18. The van der Waals surface area contributed by atoms with Gasteiger partial charge in [-0.15, -0.1) is 0 Å². The summed E-state index contributed by atoms with van der Waals surface area (Å²) in [4.78, 5) is 17.6. The fourth-order valence-corrected chi connectivity index (χ4v) is 2.93. The molecule has 0 aliphatic rings. The molecule has 0 spiro atoms. The summed E-state index contributed by atoms with van der Waals surface area (Å²) < 4.78 is 14.8. The van der Waals surface area contributed by atoms with Crippen molar-refractivity contribution in [1.29, 1.82) is 0 Å². The topological polar surface area (TPSA) is 34.9 Å². The maximum absolute atomic E-state index is 13.3. The van der Waals surface area contributed by atoms with Crippen molar-refractivity contribution in [3.63, 3.8) is 0 Å². The molecule has 0 atom stereocenters. The first kappa shape index (κ1) is 15.5. The van der Waals surface area contributed by atoms with Crippen LogP contribution in [0.3, 0.4) is 0 Å². The zero-order valence-corrected chi connectivity index (χ0v) is 13.7. The molecule has 0 aliphatic heterocycles. The summed E-state index contributed by atoms with van der Waals surface area (Å²) in [5, 5.41) is 0.537. The lowest BCUT2D eigenvalue weighted by molar-refractivity contribution is 0.0966. The first-order valence-corrected chi connectivity index (χ1v) is 8.05. The Morgan fingerprint density at radius 3 is 2.40 bits per heavy atom. The number of nitrogens with zero attached hydrogens (tertiary/aromatic N) is 2. The lowest BCUT2D eigenvalue weighted by atomic mass is 10.2. The molecule has 1 heterocycles. The van der Waals surface area contributed by atoms with Crippen LogP contribution in [0.4, 0.5) is 4.39 Å². The quantitative estimate of drug-likeness (QED) is 0.499. The normalized spacial score (nSPS) is 11.0. The van der Waals surface area contributed by atoms with Crippen LogP contribution < -0.4 is 0 Å². The van der Waals surface area contributed by atoms with E-state index in [1.54, 1.807) is 54.6 Å². The average molecular weight is 351 g/mol. The van der Waals surface area contributed by atoms with Gasteiger partial charge in [-0.25, -0.2) is 9.37 Å². The van der Waals surface area contributed by atoms with E-state index in [-0.39, 0.29) is 11.7 Å². The highest BCUT2D eigenvalue weighted by molar-refractivity contribution is 6.31. The fourth-order valence-electron chi connectivity index (χ4n) is 2.76. The van der Waals surface area contributed by atoms with Gasteiger partial charge in [-0.2, -0.15) is 0 Å². The monoisotopic (exact) mass is 350 g/mol. The zero-order valence-electron chi connectivity index (χ0n) is 13.0. The molecular weight excluding hydrogens is 339 g/mol. The first-order valence-electron chi connectivity index (χ1n) is 7.67. The largest absolute Gasteiger partial charge is 0.268 e. The van der Waals surface area contributed by atoms with E-state index in [0.717, 1.165) is 0 Å². The highest BCUT2D eigenvalue weighted by Gasteiger charge is 2.19. The van der Waals surface area contributed by atoms with Gasteiger partial charge in [0.25, 0.3) is 5.91 Å². The summed E-state index contributed by atoms with van der Waals surface area (Å²) in [6.45, 7) is 0. The van der Waals surface area contributed by atoms with Crippen LogP contribution in [0.5, 0.6) is 0 Å². The van der Waals surface area contributed by atoms with E-state index in [4.69, 9.17) is 11.6 Å². The molecule has 0 unspecified atom stereocenters. The van der Waals surface area contributed by atoms with Crippen molar-refractivity contribution in [2.45, 2.75) is 0 Å². The number of carbonyl (C=O) groups is 1. The van der Waals surface area contributed by atoms with Crippen LogP contribution in [0, 0.1) is 5.82 Å². The summed E-state index contributed by atoms with van der Waals surface area (Å²) in [6, 6.07) is 20.0. The predicted molar refractivity (Wildman–Crippen MR) is 96.3 cm³/mol. The minimum absolute atomic E-state index is 0.204. The lowest BCUT2D eigenvalue weighted by Crippen LogP contribution is -2.13. The van der Waals surface area contributed by atoms with E-state index in [9.17, 15) is 9.18 Å². The van der Waals surface area contributed by atoms with Crippen LogP contribution in [0.1, 0.15) is 10.4 Å². The minimum atomic E-state index is -0.344. The van der Waals surface area contributed by atoms with E-state index < -0.39 is 0 Å². The Labute approximate surface area is 148 Å². The maximum atomic E-state index is 13.3. The standard InChI is InChI=1S/C20H12ClFN2O/c21-15-8-11-18-17(12-15)23-19(13-6-9-16(22)10-7-13)24(18)20(25)14-4-2-1-3-5-14/h1-12H. The Morgan fingerprint density at radius 1 is 0.960 bits per heavy atom. The van der Waals surface area contributed by atoms with Gasteiger partial charge < -0.3 is 0 Å². The van der Waals surface area contributed by atoms with Crippen LogP contribution in [0.25, 0.3) is 22.4 Å². The molecule has 0 bridgehead atoms. The molecule has 122 valence electrons. The van der Waals surface area contributed by atoms with Crippen LogP contribution >= 0.6 is 11.6 Å². The van der Waals surface area contributed by atoms with Gasteiger partial charge in [0, 0.05) is 16.1 Å². The molecule has 0 saturated heterocycles. The second kappa shape index (κ2) is 6.15. The van der Waals surface area contributed by atoms with Gasteiger partial charge >= 0.3 is 0 Å². The van der Waals surface area contributed by atoms with Crippen molar-refractivity contribution in [3.8, 4) is 11.4 Å². The van der Waals surface area contributed by atoms with Crippen LogP contribution in [0.2, 0.25) is 5.02 Å². The number of hydrogen-bond acceptors (Lipinski definition) is 2. The Bertz CT molecular complexity index is 1070. The van der Waals surface area contributed by atoms with Gasteiger partial charge in [-0.3, -0.25) is 9.36 Å². The Balaban J connectivity index is 1.98. The molecule has 5 heteroatoms. The molecule has 0 fully saturated rings. The molecule has 0 amide bonds. The summed E-state index contributed by atoms with van der Waals surface area (Å²) in [7, 11) is 0. The molecule has 0 radical (unpaired) electrons. The molecule has 0 N–H and O–H groups in total. The van der Waals surface area contributed by atoms with Crippen molar-refractivity contribution >= 4 is 28.5 Å². The second-order valence-corrected chi connectivity index (χ2v) is 6.02. The minimum Gasteiger partial charge on any atom is -0.268 e. The average Bonchev–Trinajstić information content (AvgIpc) is 3.00. The molecule has 3 aromatic carbocycles. The number of aromatic nitrogens is 2. The fraction of sp³-hybridized carbons (Fsp3) is 0. The Morgan fingerprint density at radius 2 is 1.68 bits per heavy atom. The Hall–Kier alpha value is -2.98. The van der Waals surface area contributed by atoms with Gasteiger partial charge in [0.15, 0.2) is 0 Å². The third-order valence-electron chi connectivity index (χ3n) is 3.94. The second-order valence-electron chi connectivity index (χ2n) is 5.58. The number of carbonyl (C=O) groups excluding carboxylic acids is 1. The van der Waals surface area contributed by atoms with E-state index in [1.807, 2.05) is 6.07 Å². The number of hydrogen-bond donors (Lipinski definition) is 0. The summed E-state index contributed by atoms with van der Waals surface area (Å²) in [6.07, 6.45) is 0. The van der Waals surface area contributed by atoms with E-state index in [1.165, 1.54) is 16.7 Å². The van der Waals surface area contributed by atoms with Crippen molar-refractivity contribution < 1.29 is 9.18 Å². The highest BCUT2D eigenvalue weighted by Crippen LogP contribution is 2.28.